The number of rotatable bonds is 4. The Bertz CT molecular complexity index is 726. The summed E-state index contributed by atoms with van der Waals surface area (Å²) in [6, 6.07) is 8.00. The Balaban J connectivity index is 1.69. The molecule has 0 fully saturated rings. The number of nitro groups is 1. The van der Waals surface area contributed by atoms with Gasteiger partial charge in [-0.1, -0.05) is 18.2 Å². The number of fused-ring (bicyclic) bond motifs is 1. The molecule has 0 radical (unpaired) electrons. The number of imidazole rings is 1. The van der Waals surface area contributed by atoms with Crippen LogP contribution < -0.4 is 4.90 Å². The van der Waals surface area contributed by atoms with Crippen LogP contribution in [-0.4, -0.2) is 26.9 Å². The lowest BCUT2D eigenvalue weighted by atomic mass is 10.1. The molecular formula is C16H18N4O3. The molecule has 23 heavy (non-hydrogen) atoms. The van der Waals surface area contributed by atoms with Gasteiger partial charge < -0.3 is 19.6 Å². The van der Waals surface area contributed by atoms with Crippen molar-refractivity contribution in [2.24, 2.45) is 0 Å². The first-order valence-corrected chi connectivity index (χ1v) is 7.69. The molecule has 1 aromatic carbocycles. The van der Waals surface area contributed by atoms with E-state index in [4.69, 9.17) is 0 Å². The van der Waals surface area contributed by atoms with Gasteiger partial charge in [-0.15, -0.1) is 0 Å². The number of amides is 1. The highest BCUT2D eigenvalue weighted by Gasteiger charge is 2.21. The van der Waals surface area contributed by atoms with Crippen molar-refractivity contribution in [2.45, 2.75) is 32.2 Å². The number of carbonyl (C=O) groups excluding carboxylic acids is 1. The minimum atomic E-state index is -0.538. The monoisotopic (exact) mass is 314 g/mol. The fourth-order valence-corrected chi connectivity index (χ4v) is 2.87. The number of aryl methyl sites for hydroxylation is 2. The molecule has 0 bridgehead atoms. The zero-order valence-electron chi connectivity index (χ0n) is 12.7. The zero-order chi connectivity index (χ0) is 16.2. The highest BCUT2D eigenvalue weighted by atomic mass is 16.6. The number of carbonyl (C=O) groups is 1. The van der Waals surface area contributed by atoms with Gasteiger partial charge in [0.15, 0.2) is 0 Å². The van der Waals surface area contributed by atoms with Gasteiger partial charge in [0.25, 0.3) is 0 Å². The molecule has 0 atom stereocenters. The number of aromatic nitrogens is 2. The average Bonchev–Trinajstić information content (AvgIpc) is 2.92. The molecule has 7 heteroatoms. The van der Waals surface area contributed by atoms with Gasteiger partial charge in [0.1, 0.15) is 6.20 Å². The predicted octanol–water partition coefficient (Wildman–Crippen LogP) is 2.55. The lowest BCUT2D eigenvalue weighted by molar-refractivity contribution is -0.389. The van der Waals surface area contributed by atoms with Gasteiger partial charge in [-0.05, 0) is 40.8 Å². The summed E-state index contributed by atoms with van der Waals surface area (Å²) in [5.74, 6) is -0.159. The van der Waals surface area contributed by atoms with Crippen molar-refractivity contribution >= 4 is 17.4 Å². The first-order chi connectivity index (χ1) is 11.1. The average molecular weight is 314 g/mol. The number of benzene rings is 1. The molecule has 7 nitrogen and oxygen atoms in total. The molecule has 1 amide bonds. The van der Waals surface area contributed by atoms with E-state index in [1.54, 1.807) is 4.57 Å². The summed E-state index contributed by atoms with van der Waals surface area (Å²) >= 11 is 0. The summed E-state index contributed by atoms with van der Waals surface area (Å²) in [6.45, 7) is 1.11. The highest BCUT2D eigenvalue weighted by molar-refractivity contribution is 5.94. The molecule has 1 aliphatic rings. The van der Waals surface area contributed by atoms with Crippen molar-refractivity contribution in [1.29, 1.82) is 0 Å². The molecule has 2 aromatic rings. The van der Waals surface area contributed by atoms with E-state index in [2.05, 4.69) is 11.1 Å². The topological polar surface area (TPSA) is 81.3 Å². The van der Waals surface area contributed by atoms with Gasteiger partial charge in [-0.25, -0.2) is 0 Å². The van der Waals surface area contributed by atoms with Crippen molar-refractivity contribution in [3.05, 3.63) is 52.5 Å². The van der Waals surface area contributed by atoms with Crippen LogP contribution in [0.4, 0.5) is 11.5 Å². The molecule has 2 heterocycles. The third-order valence-electron chi connectivity index (χ3n) is 4.05. The predicted molar refractivity (Wildman–Crippen MR) is 85.2 cm³/mol. The van der Waals surface area contributed by atoms with E-state index in [9.17, 15) is 14.9 Å². The van der Waals surface area contributed by atoms with Gasteiger partial charge in [-0.2, -0.15) is 0 Å². The molecule has 1 aliphatic heterocycles. The molecule has 0 N–H and O–H groups in total. The van der Waals surface area contributed by atoms with E-state index in [0.29, 0.717) is 13.0 Å². The quantitative estimate of drug-likeness (QED) is 0.641. The Hall–Kier alpha value is -2.70. The van der Waals surface area contributed by atoms with Gasteiger partial charge >= 0.3 is 5.82 Å². The van der Waals surface area contributed by atoms with Crippen LogP contribution >= 0.6 is 0 Å². The fraction of sp³-hybridized carbons (Fsp3) is 0.375. The summed E-state index contributed by atoms with van der Waals surface area (Å²) in [4.78, 5) is 28.2. The second kappa shape index (κ2) is 6.60. The zero-order valence-corrected chi connectivity index (χ0v) is 12.7. The van der Waals surface area contributed by atoms with Crippen LogP contribution in [0.5, 0.6) is 0 Å². The van der Waals surface area contributed by atoms with Crippen LogP contribution in [0, 0.1) is 10.1 Å². The fourth-order valence-electron chi connectivity index (χ4n) is 2.87. The summed E-state index contributed by atoms with van der Waals surface area (Å²) < 4.78 is 1.58. The van der Waals surface area contributed by atoms with E-state index in [-0.39, 0.29) is 11.7 Å². The van der Waals surface area contributed by atoms with Crippen LogP contribution in [0.3, 0.4) is 0 Å². The first kappa shape index (κ1) is 15.2. The van der Waals surface area contributed by atoms with Gasteiger partial charge in [0.2, 0.25) is 12.2 Å². The number of hydrogen-bond acceptors (Lipinski definition) is 4. The van der Waals surface area contributed by atoms with Crippen LogP contribution in [0.15, 0.2) is 36.8 Å². The normalized spacial score (nSPS) is 14.2. The van der Waals surface area contributed by atoms with Crippen molar-refractivity contribution in [1.82, 2.24) is 9.55 Å². The maximum absolute atomic E-state index is 12.6. The summed E-state index contributed by atoms with van der Waals surface area (Å²) in [5, 5.41) is 10.6. The van der Waals surface area contributed by atoms with E-state index < -0.39 is 4.92 Å². The van der Waals surface area contributed by atoms with Crippen LogP contribution in [0.25, 0.3) is 0 Å². The molecule has 3 rings (SSSR count). The third kappa shape index (κ3) is 3.39. The first-order valence-electron chi connectivity index (χ1n) is 7.69. The van der Waals surface area contributed by atoms with E-state index in [1.165, 1.54) is 18.1 Å². The van der Waals surface area contributed by atoms with Crippen LogP contribution in [0.2, 0.25) is 0 Å². The van der Waals surface area contributed by atoms with E-state index in [0.717, 1.165) is 31.5 Å². The Morgan fingerprint density at radius 2 is 2.13 bits per heavy atom. The minimum absolute atomic E-state index is 0.0377. The van der Waals surface area contributed by atoms with Gasteiger partial charge in [-0.3, -0.25) is 4.79 Å². The molecule has 0 aliphatic carbocycles. The number of para-hydroxylation sites is 1. The molecule has 1 aromatic heterocycles. The molecule has 120 valence electrons. The smallest absolute Gasteiger partial charge is 0.358 e. The standard InChI is InChI=1S/C16H18N4O3/c21-16(8-10-18-11-15(17-12-18)20(22)23)19-9-4-3-6-13-5-1-2-7-14(13)19/h1-2,5,7,11-12H,3-4,6,8-10H2. The van der Waals surface area contributed by atoms with Crippen molar-refractivity contribution in [2.75, 3.05) is 11.4 Å². The van der Waals surface area contributed by atoms with Gasteiger partial charge in [0, 0.05) is 25.2 Å². The van der Waals surface area contributed by atoms with Crippen molar-refractivity contribution in [3.63, 3.8) is 0 Å². The molecule has 0 spiro atoms. The van der Waals surface area contributed by atoms with E-state index in [1.807, 2.05) is 23.1 Å². The molecular weight excluding hydrogens is 296 g/mol. The van der Waals surface area contributed by atoms with Crippen LogP contribution in [0.1, 0.15) is 24.8 Å². The lowest BCUT2D eigenvalue weighted by Crippen LogP contribution is -2.32. The maximum atomic E-state index is 12.6. The van der Waals surface area contributed by atoms with Crippen molar-refractivity contribution in [3.8, 4) is 0 Å². The second-order valence-electron chi connectivity index (χ2n) is 5.61. The van der Waals surface area contributed by atoms with E-state index >= 15 is 0 Å². The number of hydrogen-bond donors (Lipinski definition) is 0. The van der Waals surface area contributed by atoms with Crippen LogP contribution in [-0.2, 0) is 17.8 Å². The maximum Gasteiger partial charge on any atom is 0.381 e. The van der Waals surface area contributed by atoms with Crippen molar-refractivity contribution < 1.29 is 9.72 Å². The number of anilines is 1. The number of nitrogens with zero attached hydrogens (tertiary/aromatic N) is 4. The molecule has 0 unspecified atom stereocenters. The molecule has 0 saturated heterocycles. The Kier molecular flexibility index (Phi) is 4.36. The SMILES string of the molecule is O=C(CCn1cnc([N+](=O)[O-])c1)N1CCCCc2ccccc21. The molecule has 0 saturated carbocycles. The third-order valence-corrected chi connectivity index (χ3v) is 4.05. The lowest BCUT2D eigenvalue weighted by Gasteiger charge is -2.23. The minimum Gasteiger partial charge on any atom is -0.358 e. The Morgan fingerprint density at radius 1 is 1.30 bits per heavy atom. The van der Waals surface area contributed by atoms with Gasteiger partial charge in [0.05, 0.1) is 0 Å². The highest BCUT2D eigenvalue weighted by Crippen LogP contribution is 2.26. The largest absolute Gasteiger partial charge is 0.381 e. The summed E-state index contributed by atoms with van der Waals surface area (Å²) in [5.41, 5.74) is 2.20. The summed E-state index contributed by atoms with van der Waals surface area (Å²) in [6.07, 6.45) is 6.09. The summed E-state index contributed by atoms with van der Waals surface area (Å²) in [7, 11) is 0. The Morgan fingerprint density at radius 3 is 2.91 bits per heavy atom. The second-order valence-corrected chi connectivity index (χ2v) is 5.61. The Labute approximate surface area is 133 Å².